The molecule has 9 nitrogen and oxygen atoms in total. The predicted octanol–water partition coefficient (Wildman–Crippen LogP) is 6.49. The number of rotatable bonds is 27. The molecule has 1 unspecified atom stereocenters. The van der Waals surface area contributed by atoms with E-state index >= 15 is 0 Å². The fourth-order valence-corrected chi connectivity index (χ4v) is 4.40. The highest BCUT2D eigenvalue weighted by Crippen LogP contribution is 2.35. The summed E-state index contributed by atoms with van der Waals surface area (Å²) in [6.45, 7) is 5.60. The summed E-state index contributed by atoms with van der Waals surface area (Å²) in [6.07, 6.45) is 16.2. The average molecular weight is 621 g/mol. The van der Waals surface area contributed by atoms with Crippen molar-refractivity contribution in [2.45, 2.75) is 103 Å². The van der Waals surface area contributed by atoms with Gasteiger partial charge in [0.25, 0.3) is 0 Å². The summed E-state index contributed by atoms with van der Waals surface area (Å²) in [4.78, 5) is 17.9. The van der Waals surface area contributed by atoms with Crippen LogP contribution in [0, 0.1) is 0 Å². The first-order valence-electron chi connectivity index (χ1n) is 16.0. The number of likely N-dealkylation sites (N-methyl/N-ethyl adjacent to an activating group) is 1. The Balaban J connectivity index is 0.00000212. The normalized spacial score (nSPS) is 12.6. The van der Waals surface area contributed by atoms with Crippen LogP contribution in [0.2, 0.25) is 0 Å². The third-order valence-corrected chi connectivity index (χ3v) is 7.04. The molecule has 1 aromatic carbocycles. The van der Waals surface area contributed by atoms with E-state index in [2.05, 4.69) is 32.6 Å². The highest BCUT2D eigenvalue weighted by atomic mass is 31.2. The summed E-state index contributed by atoms with van der Waals surface area (Å²) in [5, 5.41) is 8.39. The van der Waals surface area contributed by atoms with Gasteiger partial charge < -0.3 is 33.6 Å². The Morgan fingerprint density at radius 3 is 1.76 bits per heavy atom. The van der Waals surface area contributed by atoms with Crippen molar-refractivity contribution in [2.75, 3.05) is 67.3 Å². The number of hydrogen-bond donors (Lipinski definition) is 3. The van der Waals surface area contributed by atoms with Gasteiger partial charge in [0.05, 0.1) is 47.6 Å². The second-order valence-corrected chi connectivity index (χ2v) is 13.1. The number of nitrogens with zero attached hydrogens (tertiary/aromatic N) is 1. The fraction of sp³-hybridized carbons (Fsp3) is 0.812. The molecule has 10 heteroatoms. The Hall–Kier alpha value is -0.870. The van der Waals surface area contributed by atoms with Crippen molar-refractivity contribution in [3.8, 4) is 0 Å². The highest BCUT2D eigenvalue weighted by molar-refractivity contribution is 7.46. The van der Waals surface area contributed by atoms with Crippen molar-refractivity contribution in [1.29, 1.82) is 0 Å². The number of ether oxygens (including phenoxy) is 3. The number of benzene rings is 1. The second-order valence-electron chi connectivity index (χ2n) is 11.9. The maximum absolute atomic E-state index is 11.0. The standard InChI is InChI=1S/C27H49O7P.C5H14NO/c1-2-3-4-5-6-7-8-9-10-11-12-16-20-31-21-17-22-32-24-27(25-34-35(28,29)30)33-23-26-18-14-13-15-19-26;1-6(2,3)4-5-7/h13-15,18-19,27H,2-12,16-17,20-25H2,1H3,(H2,28,29,30);7H,4-5H2,1-3H3/q;+1. The van der Waals surface area contributed by atoms with Gasteiger partial charge in [-0.1, -0.05) is 108 Å². The van der Waals surface area contributed by atoms with E-state index in [0.717, 1.165) is 36.0 Å². The Morgan fingerprint density at radius 1 is 0.738 bits per heavy atom. The van der Waals surface area contributed by atoms with Crippen molar-refractivity contribution in [3.05, 3.63) is 35.9 Å². The molecule has 1 aromatic rings. The minimum atomic E-state index is -4.55. The number of aliphatic hydroxyl groups excluding tert-OH is 1. The van der Waals surface area contributed by atoms with Gasteiger partial charge in [-0.3, -0.25) is 4.52 Å². The topological polar surface area (TPSA) is 115 Å². The molecular formula is C32H63NO8P+. The molecule has 1 atom stereocenters. The van der Waals surface area contributed by atoms with Crippen LogP contribution in [0.15, 0.2) is 30.3 Å². The van der Waals surface area contributed by atoms with Gasteiger partial charge in [-0.2, -0.15) is 0 Å². The Labute approximate surface area is 256 Å². The summed E-state index contributed by atoms with van der Waals surface area (Å²) in [5.41, 5.74) is 0.972. The van der Waals surface area contributed by atoms with E-state index < -0.39 is 13.9 Å². The van der Waals surface area contributed by atoms with E-state index in [4.69, 9.17) is 29.1 Å². The molecule has 3 N–H and O–H groups in total. The minimum absolute atomic E-state index is 0.200. The second kappa shape index (κ2) is 27.7. The summed E-state index contributed by atoms with van der Waals surface area (Å²) in [6, 6.07) is 9.59. The predicted molar refractivity (Wildman–Crippen MR) is 170 cm³/mol. The highest BCUT2D eigenvalue weighted by Gasteiger charge is 2.19. The van der Waals surface area contributed by atoms with E-state index in [1.807, 2.05) is 30.3 Å². The number of hydrogen-bond acceptors (Lipinski definition) is 6. The monoisotopic (exact) mass is 620 g/mol. The lowest BCUT2D eigenvalue weighted by Gasteiger charge is -2.21. The SMILES string of the molecule is CCCCCCCCCCCCCCOCCCOCC(COP(=O)(O)O)OCc1ccccc1.C[N+](C)(C)CCO. The van der Waals surface area contributed by atoms with E-state index in [-0.39, 0.29) is 19.8 Å². The molecule has 0 radical (unpaired) electrons. The van der Waals surface area contributed by atoms with E-state index in [9.17, 15) is 4.57 Å². The molecule has 0 saturated heterocycles. The van der Waals surface area contributed by atoms with Crippen LogP contribution in [0.25, 0.3) is 0 Å². The first-order valence-corrected chi connectivity index (χ1v) is 17.5. The summed E-state index contributed by atoms with van der Waals surface area (Å²) >= 11 is 0. The molecule has 0 spiro atoms. The number of phosphoric ester groups is 1. The van der Waals surface area contributed by atoms with Gasteiger partial charge >= 0.3 is 7.82 Å². The molecule has 0 aliphatic rings. The van der Waals surface area contributed by atoms with Crippen LogP contribution in [0.1, 0.15) is 96.0 Å². The largest absolute Gasteiger partial charge is 0.469 e. The van der Waals surface area contributed by atoms with Crippen molar-refractivity contribution < 1.29 is 42.7 Å². The number of aliphatic hydroxyl groups is 1. The average Bonchev–Trinajstić information content (AvgIpc) is 2.93. The number of quaternary nitrogens is 1. The molecular weight excluding hydrogens is 557 g/mol. The van der Waals surface area contributed by atoms with Crippen LogP contribution in [0.5, 0.6) is 0 Å². The van der Waals surface area contributed by atoms with Gasteiger partial charge in [0.2, 0.25) is 0 Å². The lowest BCUT2D eigenvalue weighted by molar-refractivity contribution is -0.870. The van der Waals surface area contributed by atoms with Gasteiger partial charge in [-0.15, -0.1) is 0 Å². The molecule has 0 aliphatic heterocycles. The van der Waals surface area contributed by atoms with Gasteiger partial charge in [-0.25, -0.2) is 4.57 Å². The molecule has 0 saturated carbocycles. The van der Waals surface area contributed by atoms with Gasteiger partial charge in [0.1, 0.15) is 12.6 Å². The van der Waals surface area contributed by atoms with Crippen molar-refractivity contribution >= 4 is 7.82 Å². The smallest absolute Gasteiger partial charge is 0.391 e. The summed E-state index contributed by atoms with van der Waals surface area (Å²) < 4.78 is 33.5. The Bertz CT molecular complexity index is 742. The Morgan fingerprint density at radius 2 is 1.26 bits per heavy atom. The molecule has 248 valence electrons. The quantitative estimate of drug-likeness (QED) is 0.0581. The lowest BCUT2D eigenvalue weighted by Crippen LogP contribution is -2.36. The number of unbranched alkanes of at least 4 members (excludes halogenated alkanes) is 11. The van der Waals surface area contributed by atoms with Crippen molar-refractivity contribution in [3.63, 3.8) is 0 Å². The molecule has 0 heterocycles. The van der Waals surface area contributed by atoms with Crippen LogP contribution in [-0.4, -0.2) is 92.8 Å². The molecule has 0 aliphatic carbocycles. The van der Waals surface area contributed by atoms with E-state index in [1.54, 1.807) is 0 Å². The van der Waals surface area contributed by atoms with Crippen LogP contribution in [0.3, 0.4) is 0 Å². The maximum atomic E-state index is 11.0. The van der Waals surface area contributed by atoms with Gasteiger partial charge in [-0.05, 0) is 18.4 Å². The third-order valence-electron chi connectivity index (χ3n) is 6.55. The summed E-state index contributed by atoms with van der Waals surface area (Å²) in [7, 11) is 1.61. The van der Waals surface area contributed by atoms with Crippen LogP contribution >= 0.6 is 7.82 Å². The zero-order valence-corrected chi connectivity index (χ0v) is 28.0. The molecule has 0 bridgehead atoms. The molecule has 0 aromatic heterocycles. The van der Waals surface area contributed by atoms with Crippen molar-refractivity contribution in [1.82, 2.24) is 0 Å². The van der Waals surface area contributed by atoms with Crippen molar-refractivity contribution in [2.24, 2.45) is 0 Å². The third kappa shape index (κ3) is 32.1. The molecule has 0 fully saturated rings. The fourth-order valence-electron chi connectivity index (χ4n) is 4.04. The van der Waals surface area contributed by atoms with Gasteiger partial charge in [0, 0.05) is 19.8 Å². The van der Waals surface area contributed by atoms with Crippen LogP contribution in [-0.2, 0) is 29.9 Å². The minimum Gasteiger partial charge on any atom is -0.391 e. The molecule has 1 rings (SSSR count). The first kappa shape index (κ1) is 41.1. The molecule has 42 heavy (non-hydrogen) atoms. The maximum Gasteiger partial charge on any atom is 0.469 e. The van der Waals surface area contributed by atoms with Crippen LogP contribution in [0.4, 0.5) is 0 Å². The van der Waals surface area contributed by atoms with Crippen LogP contribution < -0.4 is 0 Å². The zero-order chi connectivity index (χ0) is 31.4. The van der Waals surface area contributed by atoms with E-state index in [1.165, 1.54) is 70.6 Å². The van der Waals surface area contributed by atoms with E-state index in [0.29, 0.717) is 19.8 Å². The summed E-state index contributed by atoms with van der Waals surface area (Å²) in [5.74, 6) is 0. The number of phosphoric acid groups is 1. The Kier molecular flexibility index (Phi) is 27.1. The lowest BCUT2D eigenvalue weighted by atomic mass is 10.1. The van der Waals surface area contributed by atoms with Gasteiger partial charge in [0.15, 0.2) is 0 Å². The first-order chi connectivity index (χ1) is 20.1. The molecule has 0 amide bonds. The zero-order valence-electron chi connectivity index (χ0n) is 27.1.